The van der Waals surface area contributed by atoms with Gasteiger partial charge < -0.3 is 9.55 Å². The van der Waals surface area contributed by atoms with E-state index in [0.717, 1.165) is 13.0 Å². The third kappa shape index (κ3) is 1.91. The maximum Gasteiger partial charge on any atom is 0.298 e. The van der Waals surface area contributed by atoms with Gasteiger partial charge >= 0.3 is 0 Å². The van der Waals surface area contributed by atoms with Gasteiger partial charge in [-0.1, -0.05) is 13.8 Å². The smallest absolute Gasteiger partial charge is 0.298 e. The largest absolute Gasteiger partial charge is 0.339 e. The van der Waals surface area contributed by atoms with Gasteiger partial charge in [-0.2, -0.15) is 4.98 Å². The number of aromatic amines is 1. The highest BCUT2D eigenvalue weighted by Crippen LogP contribution is 2.07. The molecule has 0 amide bonds. The summed E-state index contributed by atoms with van der Waals surface area (Å²) >= 11 is 0. The summed E-state index contributed by atoms with van der Waals surface area (Å²) in [5, 5.41) is 0. The molecule has 2 aromatic rings. The van der Waals surface area contributed by atoms with Crippen LogP contribution in [0.2, 0.25) is 0 Å². The molecular formula is C10H14N4O. The molecule has 15 heavy (non-hydrogen) atoms. The monoisotopic (exact) mass is 206 g/mol. The first-order valence-corrected chi connectivity index (χ1v) is 5.07. The van der Waals surface area contributed by atoms with Crippen LogP contribution in [0.4, 0.5) is 0 Å². The first kappa shape index (κ1) is 9.89. The molecule has 0 aliphatic heterocycles. The van der Waals surface area contributed by atoms with E-state index in [4.69, 9.17) is 0 Å². The Hall–Kier alpha value is -1.65. The number of nitrogens with one attached hydrogen (secondary N) is 1. The molecule has 0 atom stereocenters. The van der Waals surface area contributed by atoms with Gasteiger partial charge in [-0.3, -0.25) is 4.79 Å². The molecule has 0 aromatic carbocycles. The Kier molecular flexibility index (Phi) is 2.53. The summed E-state index contributed by atoms with van der Waals surface area (Å²) in [6, 6.07) is 0. The molecule has 0 unspecified atom stereocenters. The second-order valence-electron chi connectivity index (χ2n) is 4.03. The van der Waals surface area contributed by atoms with Crippen LogP contribution in [0.25, 0.3) is 11.2 Å². The predicted molar refractivity (Wildman–Crippen MR) is 57.6 cm³/mol. The zero-order valence-corrected chi connectivity index (χ0v) is 8.90. The van der Waals surface area contributed by atoms with E-state index in [9.17, 15) is 4.79 Å². The van der Waals surface area contributed by atoms with E-state index in [1.165, 1.54) is 6.33 Å². The number of nitrogens with zero attached hydrogens (tertiary/aromatic N) is 3. The topological polar surface area (TPSA) is 63.6 Å². The van der Waals surface area contributed by atoms with Crippen molar-refractivity contribution < 1.29 is 0 Å². The minimum absolute atomic E-state index is 0.247. The van der Waals surface area contributed by atoms with Gasteiger partial charge in [0.25, 0.3) is 5.56 Å². The third-order valence-electron chi connectivity index (χ3n) is 2.37. The molecule has 80 valence electrons. The number of H-pyrrole nitrogens is 1. The highest BCUT2D eigenvalue weighted by atomic mass is 16.1. The quantitative estimate of drug-likeness (QED) is 0.819. The molecule has 0 aliphatic rings. The summed E-state index contributed by atoms with van der Waals surface area (Å²) in [6.45, 7) is 5.17. The van der Waals surface area contributed by atoms with Crippen LogP contribution in [0, 0.1) is 5.92 Å². The highest BCUT2D eigenvalue weighted by Gasteiger charge is 2.06. The molecule has 0 saturated carbocycles. The highest BCUT2D eigenvalue weighted by molar-refractivity contribution is 5.68. The molecule has 0 fully saturated rings. The maximum absolute atomic E-state index is 11.3. The Morgan fingerprint density at radius 2 is 2.27 bits per heavy atom. The van der Waals surface area contributed by atoms with Gasteiger partial charge in [0, 0.05) is 6.54 Å². The van der Waals surface area contributed by atoms with Crippen molar-refractivity contribution in [2.45, 2.75) is 26.8 Å². The van der Waals surface area contributed by atoms with Gasteiger partial charge in [-0.15, -0.1) is 0 Å². The summed E-state index contributed by atoms with van der Waals surface area (Å²) in [5.41, 5.74) is 0.931. The minimum atomic E-state index is -0.247. The van der Waals surface area contributed by atoms with Crippen molar-refractivity contribution in [1.82, 2.24) is 19.5 Å². The van der Waals surface area contributed by atoms with Gasteiger partial charge in [-0.25, -0.2) is 4.98 Å². The van der Waals surface area contributed by atoms with Gasteiger partial charge in [0.1, 0.15) is 6.33 Å². The number of imidazole rings is 1. The average Bonchev–Trinajstić information content (AvgIpc) is 2.66. The SMILES string of the molecule is CC(C)CCn1cnc(=O)c2[nH]cnc21. The van der Waals surface area contributed by atoms with Crippen molar-refractivity contribution in [3.05, 3.63) is 23.0 Å². The van der Waals surface area contributed by atoms with Gasteiger partial charge in [-0.05, 0) is 12.3 Å². The molecule has 2 aromatic heterocycles. The lowest BCUT2D eigenvalue weighted by atomic mass is 10.1. The summed E-state index contributed by atoms with van der Waals surface area (Å²) in [5.74, 6) is 0.624. The zero-order valence-electron chi connectivity index (χ0n) is 8.90. The minimum Gasteiger partial charge on any atom is -0.339 e. The average molecular weight is 206 g/mol. The Morgan fingerprint density at radius 1 is 1.47 bits per heavy atom. The van der Waals surface area contributed by atoms with Gasteiger partial charge in [0.15, 0.2) is 11.2 Å². The van der Waals surface area contributed by atoms with Crippen LogP contribution in [0.15, 0.2) is 17.4 Å². The third-order valence-corrected chi connectivity index (χ3v) is 2.37. The standard InChI is InChI=1S/C10H14N4O/c1-7(2)3-4-14-6-13-10(15)8-9(14)12-5-11-8/h5-7H,3-4H2,1-2H3,(H,11,12). The summed E-state index contributed by atoms with van der Waals surface area (Å²) in [6.07, 6.45) is 4.14. The number of hydrogen-bond donors (Lipinski definition) is 1. The van der Waals surface area contributed by atoms with Crippen molar-refractivity contribution >= 4 is 11.2 Å². The van der Waals surface area contributed by atoms with E-state index in [0.29, 0.717) is 17.1 Å². The van der Waals surface area contributed by atoms with E-state index >= 15 is 0 Å². The van der Waals surface area contributed by atoms with Crippen molar-refractivity contribution in [3.63, 3.8) is 0 Å². The lowest BCUT2D eigenvalue weighted by Crippen LogP contribution is -2.13. The van der Waals surface area contributed by atoms with Crippen LogP contribution in [0.1, 0.15) is 20.3 Å². The van der Waals surface area contributed by atoms with E-state index in [1.807, 2.05) is 4.57 Å². The van der Waals surface area contributed by atoms with Crippen LogP contribution < -0.4 is 5.56 Å². The number of fused-ring (bicyclic) bond motifs is 1. The molecule has 0 bridgehead atoms. The first-order chi connectivity index (χ1) is 7.18. The second kappa shape index (κ2) is 3.84. The van der Waals surface area contributed by atoms with E-state index in [1.54, 1.807) is 6.33 Å². The van der Waals surface area contributed by atoms with Crippen LogP contribution >= 0.6 is 0 Å². The van der Waals surface area contributed by atoms with E-state index in [2.05, 4.69) is 28.8 Å². The number of aromatic nitrogens is 4. The molecular weight excluding hydrogens is 192 g/mol. The normalized spacial score (nSPS) is 11.4. The van der Waals surface area contributed by atoms with Crippen LogP contribution in [-0.4, -0.2) is 19.5 Å². The second-order valence-corrected chi connectivity index (χ2v) is 4.03. The van der Waals surface area contributed by atoms with Gasteiger partial charge in [0.05, 0.1) is 6.33 Å². The van der Waals surface area contributed by atoms with Crippen LogP contribution in [0.5, 0.6) is 0 Å². The molecule has 0 spiro atoms. The fraction of sp³-hybridized carbons (Fsp3) is 0.500. The fourth-order valence-electron chi connectivity index (χ4n) is 1.46. The lowest BCUT2D eigenvalue weighted by Gasteiger charge is -2.07. The molecule has 0 radical (unpaired) electrons. The van der Waals surface area contributed by atoms with Gasteiger partial charge in [0.2, 0.25) is 0 Å². The number of aryl methyl sites for hydroxylation is 1. The molecule has 2 rings (SSSR count). The van der Waals surface area contributed by atoms with E-state index < -0.39 is 0 Å². The fourth-order valence-corrected chi connectivity index (χ4v) is 1.46. The van der Waals surface area contributed by atoms with Crippen molar-refractivity contribution in [3.8, 4) is 0 Å². The summed E-state index contributed by atoms with van der Waals surface area (Å²) in [4.78, 5) is 22.1. The Morgan fingerprint density at radius 3 is 3.00 bits per heavy atom. The molecule has 1 N–H and O–H groups in total. The predicted octanol–water partition coefficient (Wildman–Crippen LogP) is 1.17. The Balaban J connectivity index is 2.39. The molecule has 0 aliphatic carbocycles. The Labute approximate surface area is 87.2 Å². The van der Waals surface area contributed by atoms with Crippen molar-refractivity contribution in [2.24, 2.45) is 5.92 Å². The lowest BCUT2D eigenvalue weighted by molar-refractivity contribution is 0.518. The molecule has 5 heteroatoms. The zero-order chi connectivity index (χ0) is 10.8. The number of hydrogen-bond acceptors (Lipinski definition) is 3. The molecule has 2 heterocycles. The molecule has 5 nitrogen and oxygen atoms in total. The summed E-state index contributed by atoms with van der Waals surface area (Å²) in [7, 11) is 0. The summed E-state index contributed by atoms with van der Waals surface area (Å²) < 4.78 is 1.91. The van der Waals surface area contributed by atoms with Crippen LogP contribution in [-0.2, 0) is 6.54 Å². The first-order valence-electron chi connectivity index (χ1n) is 5.07. The molecule has 0 saturated heterocycles. The Bertz CT molecular complexity index is 511. The van der Waals surface area contributed by atoms with Crippen molar-refractivity contribution in [2.75, 3.05) is 0 Å². The van der Waals surface area contributed by atoms with E-state index in [-0.39, 0.29) is 5.56 Å². The number of rotatable bonds is 3. The van der Waals surface area contributed by atoms with Crippen molar-refractivity contribution in [1.29, 1.82) is 0 Å². The maximum atomic E-state index is 11.3. The van der Waals surface area contributed by atoms with Crippen LogP contribution in [0.3, 0.4) is 0 Å².